The lowest BCUT2D eigenvalue weighted by Gasteiger charge is -2.02. The maximum absolute atomic E-state index is 10.9. The van der Waals surface area contributed by atoms with Gasteiger partial charge < -0.3 is 9.84 Å². The van der Waals surface area contributed by atoms with Gasteiger partial charge in [-0.3, -0.25) is 0 Å². The first-order valence-electron chi connectivity index (χ1n) is 4.99. The molecule has 84 valence electrons. The maximum atomic E-state index is 10.9. The van der Waals surface area contributed by atoms with Gasteiger partial charge in [0, 0.05) is 4.88 Å². The first-order chi connectivity index (χ1) is 7.65. The Bertz CT molecular complexity index is 542. The van der Waals surface area contributed by atoms with Gasteiger partial charge in [-0.1, -0.05) is 6.92 Å². The van der Waals surface area contributed by atoms with Crippen molar-refractivity contribution in [2.75, 3.05) is 7.11 Å². The fraction of sp³-hybridized carbons (Fsp3) is 0.250. The van der Waals surface area contributed by atoms with Crippen LogP contribution in [0.5, 0.6) is 5.75 Å². The van der Waals surface area contributed by atoms with Crippen LogP contribution in [-0.2, 0) is 6.42 Å². The zero-order chi connectivity index (χ0) is 11.7. The van der Waals surface area contributed by atoms with Crippen LogP contribution in [0.25, 0.3) is 10.1 Å². The van der Waals surface area contributed by atoms with E-state index in [1.54, 1.807) is 30.6 Å². The number of hydrogen-bond acceptors (Lipinski definition) is 3. The number of carboxylic acid groups (broad SMARTS) is 1. The molecule has 0 aliphatic rings. The number of carbonyl (C=O) groups is 1. The van der Waals surface area contributed by atoms with Gasteiger partial charge in [-0.05, 0) is 30.0 Å². The molecule has 4 heteroatoms. The van der Waals surface area contributed by atoms with Crippen molar-refractivity contribution in [2.45, 2.75) is 13.3 Å². The molecule has 3 nitrogen and oxygen atoms in total. The molecule has 1 aromatic carbocycles. The number of rotatable bonds is 3. The molecule has 0 fully saturated rings. The molecular formula is C12H12O3S. The molecule has 0 aliphatic heterocycles. The average molecular weight is 236 g/mol. The molecule has 0 amide bonds. The number of aromatic carboxylic acids is 1. The molecule has 0 bridgehead atoms. The minimum absolute atomic E-state index is 0.268. The van der Waals surface area contributed by atoms with Crippen LogP contribution in [0.2, 0.25) is 0 Å². The summed E-state index contributed by atoms with van der Waals surface area (Å²) >= 11 is 1.65. The van der Waals surface area contributed by atoms with E-state index in [2.05, 4.69) is 6.92 Å². The highest BCUT2D eigenvalue weighted by molar-refractivity contribution is 7.19. The molecule has 0 aliphatic carbocycles. The van der Waals surface area contributed by atoms with Crippen molar-refractivity contribution in [1.82, 2.24) is 0 Å². The largest absolute Gasteiger partial charge is 0.495 e. The molecule has 1 N–H and O–H groups in total. The molecule has 0 unspecified atom stereocenters. The summed E-state index contributed by atoms with van der Waals surface area (Å²) in [6.07, 6.45) is 0.949. The van der Waals surface area contributed by atoms with Crippen LogP contribution in [0.4, 0.5) is 0 Å². The Kier molecular flexibility index (Phi) is 2.83. The quantitative estimate of drug-likeness (QED) is 0.890. The summed E-state index contributed by atoms with van der Waals surface area (Å²) in [6.45, 7) is 2.08. The number of thiophene rings is 1. The second-order valence-electron chi connectivity index (χ2n) is 3.47. The van der Waals surface area contributed by atoms with E-state index < -0.39 is 5.97 Å². The predicted molar refractivity (Wildman–Crippen MR) is 64.7 cm³/mol. The van der Waals surface area contributed by atoms with Crippen LogP contribution < -0.4 is 4.74 Å². The van der Waals surface area contributed by atoms with Crippen LogP contribution in [0.15, 0.2) is 18.2 Å². The van der Waals surface area contributed by atoms with E-state index in [1.807, 2.05) is 6.07 Å². The summed E-state index contributed by atoms with van der Waals surface area (Å²) in [5.41, 5.74) is 0.268. The normalized spacial score (nSPS) is 10.6. The number of carboxylic acids is 1. The zero-order valence-electron chi connectivity index (χ0n) is 9.11. The van der Waals surface area contributed by atoms with E-state index >= 15 is 0 Å². The molecule has 2 rings (SSSR count). The standard InChI is InChI=1S/C12H12O3S/c1-3-9-5-7-4-8(12(13)14)6-10(15-2)11(7)16-9/h4-6H,3H2,1-2H3,(H,13,14). The molecule has 0 atom stereocenters. The summed E-state index contributed by atoms with van der Waals surface area (Å²) in [6, 6.07) is 5.28. The van der Waals surface area contributed by atoms with Crippen molar-refractivity contribution < 1.29 is 14.6 Å². The molecule has 1 heterocycles. The van der Waals surface area contributed by atoms with Crippen molar-refractivity contribution in [3.8, 4) is 5.75 Å². The number of fused-ring (bicyclic) bond motifs is 1. The highest BCUT2D eigenvalue weighted by atomic mass is 32.1. The van der Waals surface area contributed by atoms with Crippen LogP contribution in [0.1, 0.15) is 22.2 Å². The van der Waals surface area contributed by atoms with Crippen molar-refractivity contribution in [1.29, 1.82) is 0 Å². The van der Waals surface area contributed by atoms with Crippen LogP contribution in [0.3, 0.4) is 0 Å². The van der Waals surface area contributed by atoms with Crippen LogP contribution >= 0.6 is 11.3 Å². The van der Waals surface area contributed by atoms with E-state index in [0.717, 1.165) is 16.5 Å². The monoisotopic (exact) mass is 236 g/mol. The Balaban J connectivity index is 2.70. The van der Waals surface area contributed by atoms with Gasteiger partial charge in [-0.15, -0.1) is 11.3 Å². The van der Waals surface area contributed by atoms with Gasteiger partial charge in [0.2, 0.25) is 0 Å². The fourth-order valence-electron chi connectivity index (χ4n) is 1.62. The minimum atomic E-state index is -0.926. The second-order valence-corrected chi connectivity index (χ2v) is 4.61. The third kappa shape index (κ3) is 1.76. The summed E-state index contributed by atoms with van der Waals surface area (Å²) in [4.78, 5) is 12.2. The van der Waals surface area contributed by atoms with E-state index in [-0.39, 0.29) is 5.56 Å². The molecular weight excluding hydrogens is 224 g/mol. The number of benzene rings is 1. The van der Waals surface area contributed by atoms with Gasteiger partial charge >= 0.3 is 5.97 Å². The third-order valence-corrected chi connectivity index (χ3v) is 3.76. The molecule has 0 saturated carbocycles. The average Bonchev–Trinajstić information content (AvgIpc) is 2.70. The number of hydrogen-bond donors (Lipinski definition) is 1. The lowest BCUT2D eigenvalue weighted by molar-refractivity contribution is 0.0696. The van der Waals surface area contributed by atoms with Crippen LogP contribution in [0, 0.1) is 0 Å². The highest BCUT2D eigenvalue weighted by Gasteiger charge is 2.12. The number of methoxy groups -OCH3 is 1. The van der Waals surface area contributed by atoms with E-state index in [9.17, 15) is 4.79 Å². The molecule has 0 radical (unpaired) electrons. The lowest BCUT2D eigenvalue weighted by Crippen LogP contribution is -1.96. The third-order valence-electron chi connectivity index (χ3n) is 2.45. The molecule has 0 saturated heterocycles. The Morgan fingerprint density at radius 3 is 2.75 bits per heavy atom. The van der Waals surface area contributed by atoms with Crippen molar-refractivity contribution in [3.05, 3.63) is 28.6 Å². The predicted octanol–water partition coefficient (Wildman–Crippen LogP) is 3.17. The lowest BCUT2D eigenvalue weighted by atomic mass is 10.1. The Labute approximate surface area is 97.3 Å². The molecule has 16 heavy (non-hydrogen) atoms. The maximum Gasteiger partial charge on any atom is 0.335 e. The first-order valence-corrected chi connectivity index (χ1v) is 5.81. The summed E-state index contributed by atoms with van der Waals surface area (Å²) in [5, 5.41) is 9.92. The van der Waals surface area contributed by atoms with Gasteiger partial charge in [0.15, 0.2) is 0 Å². The smallest absolute Gasteiger partial charge is 0.335 e. The molecule has 2 aromatic rings. The van der Waals surface area contributed by atoms with Gasteiger partial charge in [-0.2, -0.15) is 0 Å². The van der Waals surface area contributed by atoms with Gasteiger partial charge in [-0.25, -0.2) is 4.79 Å². The first kappa shape index (κ1) is 11.0. The minimum Gasteiger partial charge on any atom is -0.495 e. The van der Waals surface area contributed by atoms with E-state index in [0.29, 0.717) is 5.75 Å². The molecule has 1 aromatic heterocycles. The number of ether oxygens (including phenoxy) is 1. The Morgan fingerprint density at radius 1 is 1.44 bits per heavy atom. The van der Waals surface area contributed by atoms with Crippen molar-refractivity contribution >= 4 is 27.4 Å². The van der Waals surface area contributed by atoms with E-state index in [4.69, 9.17) is 9.84 Å². The van der Waals surface area contributed by atoms with Crippen molar-refractivity contribution in [3.63, 3.8) is 0 Å². The Hall–Kier alpha value is -1.55. The zero-order valence-corrected chi connectivity index (χ0v) is 9.93. The number of aryl methyl sites for hydroxylation is 1. The fourth-order valence-corrected chi connectivity index (χ4v) is 2.69. The van der Waals surface area contributed by atoms with Gasteiger partial charge in [0.05, 0.1) is 17.4 Å². The summed E-state index contributed by atoms with van der Waals surface area (Å²) in [5.74, 6) is -0.288. The molecule has 0 spiro atoms. The highest BCUT2D eigenvalue weighted by Crippen LogP contribution is 2.35. The SMILES string of the molecule is CCc1cc2cc(C(=O)O)cc(OC)c2s1. The van der Waals surface area contributed by atoms with Crippen molar-refractivity contribution in [2.24, 2.45) is 0 Å². The second kappa shape index (κ2) is 4.14. The summed E-state index contributed by atoms with van der Waals surface area (Å²) < 4.78 is 6.24. The van der Waals surface area contributed by atoms with Gasteiger partial charge in [0.25, 0.3) is 0 Å². The summed E-state index contributed by atoms with van der Waals surface area (Å²) in [7, 11) is 1.56. The van der Waals surface area contributed by atoms with Crippen LogP contribution in [-0.4, -0.2) is 18.2 Å². The van der Waals surface area contributed by atoms with E-state index in [1.165, 1.54) is 4.88 Å². The Morgan fingerprint density at radius 2 is 2.19 bits per heavy atom. The van der Waals surface area contributed by atoms with Gasteiger partial charge in [0.1, 0.15) is 5.75 Å². The topological polar surface area (TPSA) is 46.5 Å².